The highest BCUT2D eigenvalue weighted by Crippen LogP contribution is 2.42. The first-order valence-corrected chi connectivity index (χ1v) is 7.37. The molecule has 2 aromatic rings. The minimum atomic E-state index is -0.955. The predicted octanol–water partition coefficient (Wildman–Crippen LogP) is 3.02. The fourth-order valence-corrected chi connectivity index (χ4v) is 2.95. The standard InChI is InChI=1S/C15H16ClN3O3/c1-10(2)13-15(22-14(20)21-13,7-19-9-17-8-18-19)11-3-5-12(16)6-4-11/h3-6,8-10,13H,7H2,1-2H3/t13-,15+/m1/s1. The summed E-state index contributed by atoms with van der Waals surface area (Å²) in [6.07, 6.45) is 1.93. The molecular formula is C15H16ClN3O3. The van der Waals surface area contributed by atoms with Gasteiger partial charge in [0.25, 0.3) is 0 Å². The molecule has 2 atom stereocenters. The van der Waals surface area contributed by atoms with Crippen molar-refractivity contribution in [2.75, 3.05) is 0 Å². The molecule has 0 saturated carbocycles. The van der Waals surface area contributed by atoms with E-state index >= 15 is 0 Å². The van der Waals surface area contributed by atoms with E-state index in [0.717, 1.165) is 5.56 Å². The Labute approximate surface area is 133 Å². The van der Waals surface area contributed by atoms with Crippen molar-refractivity contribution in [1.29, 1.82) is 0 Å². The third-order valence-electron chi connectivity index (χ3n) is 3.75. The van der Waals surface area contributed by atoms with Gasteiger partial charge >= 0.3 is 6.16 Å². The van der Waals surface area contributed by atoms with Crippen LogP contribution in [0.1, 0.15) is 19.4 Å². The fourth-order valence-electron chi connectivity index (χ4n) is 2.83. The van der Waals surface area contributed by atoms with E-state index in [1.54, 1.807) is 23.1 Å². The molecule has 0 amide bonds. The molecule has 22 heavy (non-hydrogen) atoms. The summed E-state index contributed by atoms with van der Waals surface area (Å²) >= 11 is 5.97. The molecular weight excluding hydrogens is 306 g/mol. The molecule has 0 bridgehead atoms. The van der Waals surface area contributed by atoms with Crippen molar-refractivity contribution in [1.82, 2.24) is 14.8 Å². The van der Waals surface area contributed by atoms with Gasteiger partial charge in [0.15, 0.2) is 11.7 Å². The molecule has 0 spiro atoms. The second-order valence-corrected chi connectivity index (χ2v) is 6.06. The third-order valence-corrected chi connectivity index (χ3v) is 4.00. The van der Waals surface area contributed by atoms with Crippen LogP contribution >= 0.6 is 11.6 Å². The minimum Gasteiger partial charge on any atom is -0.426 e. The molecule has 1 fully saturated rings. The first kappa shape index (κ1) is 14.8. The topological polar surface area (TPSA) is 66.2 Å². The van der Waals surface area contributed by atoms with Crippen molar-refractivity contribution in [3.63, 3.8) is 0 Å². The summed E-state index contributed by atoms with van der Waals surface area (Å²) in [7, 11) is 0. The molecule has 7 heteroatoms. The molecule has 0 radical (unpaired) electrons. The average Bonchev–Trinajstić information content (AvgIpc) is 3.08. The maximum absolute atomic E-state index is 11.8. The fraction of sp³-hybridized carbons (Fsp3) is 0.400. The Bertz CT molecular complexity index is 657. The lowest BCUT2D eigenvalue weighted by Gasteiger charge is -2.33. The van der Waals surface area contributed by atoms with Crippen LogP contribution in [0, 0.1) is 5.92 Å². The van der Waals surface area contributed by atoms with Gasteiger partial charge in [-0.3, -0.25) is 0 Å². The molecule has 0 N–H and O–H groups in total. The number of benzene rings is 1. The molecule has 0 aliphatic carbocycles. The van der Waals surface area contributed by atoms with Crippen LogP contribution < -0.4 is 0 Å². The van der Waals surface area contributed by atoms with Crippen molar-refractivity contribution in [3.8, 4) is 0 Å². The zero-order valence-electron chi connectivity index (χ0n) is 12.3. The van der Waals surface area contributed by atoms with Gasteiger partial charge in [-0.05, 0) is 18.1 Å². The quantitative estimate of drug-likeness (QED) is 0.810. The summed E-state index contributed by atoms with van der Waals surface area (Å²) in [5, 5.41) is 4.74. The largest absolute Gasteiger partial charge is 0.509 e. The van der Waals surface area contributed by atoms with Crippen LogP contribution in [0.2, 0.25) is 5.02 Å². The molecule has 116 valence electrons. The SMILES string of the molecule is CC(C)[C@H]1OC(=O)O[C@@]1(Cn1cncn1)c1ccc(Cl)cc1. The normalized spacial score (nSPS) is 24.4. The number of nitrogens with zero attached hydrogens (tertiary/aromatic N) is 3. The van der Waals surface area contributed by atoms with E-state index in [2.05, 4.69) is 10.1 Å². The van der Waals surface area contributed by atoms with Gasteiger partial charge in [-0.15, -0.1) is 0 Å². The Morgan fingerprint density at radius 3 is 2.68 bits per heavy atom. The monoisotopic (exact) mass is 321 g/mol. The summed E-state index contributed by atoms with van der Waals surface area (Å²) in [6, 6.07) is 7.22. The van der Waals surface area contributed by atoms with Crippen molar-refractivity contribution >= 4 is 17.8 Å². The van der Waals surface area contributed by atoms with Gasteiger partial charge in [0.2, 0.25) is 0 Å². The minimum absolute atomic E-state index is 0.0747. The van der Waals surface area contributed by atoms with Gasteiger partial charge in [-0.2, -0.15) is 5.10 Å². The van der Waals surface area contributed by atoms with E-state index in [1.807, 2.05) is 26.0 Å². The number of rotatable bonds is 4. The molecule has 3 rings (SSSR count). The van der Waals surface area contributed by atoms with Crippen LogP contribution in [0.5, 0.6) is 0 Å². The lowest BCUT2D eigenvalue weighted by atomic mass is 9.82. The molecule has 1 saturated heterocycles. The Balaban J connectivity index is 2.08. The molecule has 6 nitrogen and oxygen atoms in total. The lowest BCUT2D eigenvalue weighted by Crippen LogP contribution is -2.44. The molecule has 1 aliphatic rings. The Hall–Kier alpha value is -2.08. The molecule has 1 aromatic heterocycles. The van der Waals surface area contributed by atoms with Gasteiger partial charge in [-0.1, -0.05) is 37.6 Å². The number of carbonyl (C=O) groups excluding carboxylic acids is 1. The lowest BCUT2D eigenvalue weighted by molar-refractivity contribution is -0.0135. The number of aromatic nitrogens is 3. The van der Waals surface area contributed by atoms with Gasteiger partial charge in [0, 0.05) is 10.6 Å². The predicted molar refractivity (Wildman–Crippen MR) is 79.3 cm³/mol. The number of hydrogen-bond donors (Lipinski definition) is 0. The van der Waals surface area contributed by atoms with E-state index < -0.39 is 17.9 Å². The average molecular weight is 322 g/mol. The van der Waals surface area contributed by atoms with E-state index in [1.165, 1.54) is 6.33 Å². The highest BCUT2D eigenvalue weighted by molar-refractivity contribution is 6.30. The summed E-state index contributed by atoms with van der Waals surface area (Å²) in [5.74, 6) is 0.0747. The van der Waals surface area contributed by atoms with Gasteiger partial charge < -0.3 is 9.47 Å². The summed E-state index contributed by atoms with van der Waals surface area (Å²) in [5.41, 5.74) is -0.138. The summed E-state index contributed by atoms with van der Waals surface area (Å²) in [6.45, 7) is 4.29. The second-order valence-electron chi connectivity index (χ2n) is 5.62. The molecule has 2 heterocycles. The van der Waals surface area contributed by atoms with Crippen LogP contribution in [0.4, 0.5) is 4.79 Å². The van der Waals surface area contributed by atoms with Crippen LogP contribution in [0.3, 0.4) is 0 Å². The first-order chi connectivity index (χ1) is 10.5. The van der Waals surface area contributed by atoms with Crippen molar-refractivity contribution in [3.05, 3.63) is 47.5 Å². The first-order valence-electron chi connectivity index (χ1n) is 6.99. The van der Waals surface area contributed by atoms with Gasteiger partial charge in [0.1, 0.15) is 12.7 Å². The number of cyclic esters (lactones) is 2. The zero-order valence-corrected chi connectivity index (χ0v) is 13.0. The zero-order chi connectivity index (χ0) is 15.7. The summed E-state index contributed by atoms with van der Waals surface area (Å²) in [4.78, 5) is 15.8. The van der Waals surface area contributed by atoms with Gasteiger partial charge in [-0.25, -0.2) is 14.5 Å². The van der Waals surface area contributed by atoms with E-state index in [-0.39, 0.29) is 5.92 Å². The summed E-state index contributed by atoms with van der Waals surface area (Å²) < 4.78 is 12.7. The number of halogens is 1. The maximum atomic E-state index is 11.8. The van der Waals surface area contributed by atoms with Gasteiger partial charge in [0.05, 0.1) is 6.54 Å². The highest BCUT2D eigenvalue weighted by Gasteiger charge is 2.54. The second kappa shape index (κ2) is 5.61. The molecule has 1 aliphatic heterocycles. The molecule has 0 unspecified atom stereocenters. The van der Waals surface area contributed by atoms with Crippen LogP contribution in [0.25, 0.3) is 0 Å². The highest BCUT2D eigenvalue weighted by atomic mass is 35.5. The Kier molecular flexibility index (Phi) is 3.78. The van der Waals surface area contributed by atoms with E-state index in [9.17, 15) is 4.79 Å². The third kappa shape index (κ3) is 2.54. The van der Waals surface area contributed by atoms with Crippen molar-refractivity contribution in [2.45, 2.75) is 32.1 Å². The van der Waals surface area contributed by atoms with Crippen LogP contribution in [-0.4, -0.2) is 27.0 Å². The van der Waals surface area contributed by atoms with Crippen molar-refractivity contribution < 1.29 is 14.3 Å². The smallest absolute Gasteiger partial charge is 0.426 e. The Morgan fingerprint density at radius 2 is 2.09 bits per heavy atom. The number of carbonyl (C=O) groups is 1. The maximum Gasteiger partial charge on any atom is 0.509 e. The van der Waals surface area contributed by atoms with Crippen molar-refractivity contribution in [2.24, 2.45) is 5.92 Å². The van der Waals surface area contributed by atoms with E-state index in [4.69, 9.17) is 21.1 Å². The van der Waals surface area contributed by atoms with E-state index in [0.29, 0.717) is 11.6 Å². The Morgan fingerprint density at radius 1 is 1.36 bits per heavy atom. The number of ether oxygens (including phenoxy) is 2. The number of hydrogen-bond acceptors (Lipinski definition) is 5. The molecule has 1 aromatic carbocycles. The van der Waals surface area contributed by atoms with Crippen LogP contribution in [-0.2, 0) is 21.6 Å². The van der Waals surface area contributed by atoms with Crippen LogP contribution in [0.15, 0.2) is 36.9 Å².